The minimum atomic E-state index is -0.715. The Morgan fingerprint density at radius 2 is 2.47 bits per heavy atom. The summed E-state index contributed by atoms with van der Waals surface area (Å²) in [5.41, 5.74) is 0.688. The topological polar surface area (TPSA) is 91.9 Å². The molecule has 19 heavy (non-hydrogen) atoms. The van der Waals surface area contributed by atoms with Crippen LogP contribution in [-0.2, 0) is 20.8 Å². The first-order valence-corrected chi connectivity index (χ1v) is 6.36. The number of carbonyl (C=O) groups excluding carboxylic acids is 3. The highest BCUT2D eigenvalue weighted by molar-refractivity contribution is 5.89. The van der Waals surface area contributed by atoms with Crippen LogP contribution >= 0.6 is 0 Å². The molecule has 2 rings (SSSR count). The summed E-state index contributed by atoms with van der Waals surface area (Å²) in [5.74, 6) is -0.432. The molecule has 0 spiro atoms. The van der Waals surface area contributed by atoms with Gasteiger partial charge in [0.1, 0.15) is 11.8 Å². The normalized spacial score (nSPS) is 20.8. The Morgan fingerprint density at radius 1 is 1.63 bits per heavy atom. The van der Waals surface area contributed by atoms with Crippen molar-refractivity contribution in [3.63, 3.8) is 0 Å². The summed E-state index contributed by atoms with van der Waals surface area (Å²) in [6.45, 7) is 0. The van der Waals surface area contributed by atoms with Gasteiger partial charge in [0.25, 0.3) is 0 Å². The van der Waals surface area contributed by atoms with Gasteiger partial charge in [-0.2, -0.15) is 0 Å². The third-order valence-corrected chi connectivity index (χ3v) is 3.28. The van der Waals surface area contributed by atoms with Crippen molar-refractivity contribution < 1.29 is 14.4 Å². The number of nitrogens with zero attached hydrogens (tertiary/aromatic N) is 1. The van der Waals surface area contributed by atoms with E-state index in [9.17, 15) is 14.4 Å². The number of carbonyl (C=O) groups is 2. The third kappa shape index (κ3) is 3.74. The second-order valence-corrected chi connectivity index (χ2v) is 4.78. The van der Waals surface area contributed by atoms with Crippen LogP contribution in [0.1, 0.15) is 31.4 Å². The zero-order valence-electron chi connectivity index (χ0n) is 10.5. The maximum Gasteiger partial charge on any atom is 0.224 e. The van der Waals surface area contributed by atoms with Gasteiger partial charge in [-0.3, -0.25) is 14.4 Å². The molecule has 6 nitrogen and oxygen atoms in total. The molecule has 2 atom stereocenters. The van der Waals surface area contributed by atoms with Crippen molar-refractivity contribution in [3.8, 4) is 0 Å². The number of Topliss-reactive ketones (excluding diaryl/α,β-unsaturated/α-hetero) is 1. The van der Waals surface area contributed by atoms with E-state index in [-0.39, 0.29) is 24.0 Å². The lowest BCUT2D eigenvalue weighted by Gasteiger charge is -2.21. The molecular weight excluding hydrogens is 246 g/mol. The summed E-state index contributed by atoms with van der Waals surface area (Å²) in [6, 6.07) is -0.715. The molecule has 1 amide bonds. The minimum Gasteiger partial charge on any atom is -0.351 e. The fourth-order valence-corrected chi connectivity index (χ4v) is 2.27. The van der Waals surface area contributed by atoms with Crippen LogP contribution in [-0.4, -0.2) is 34.0 Å². The number of H-pyrrole nitrogens is 1. The summed E-state index contributed by atoms with van der Waals surface area (Å²) in [6.07, 6.45) is 7.56. The van der Waals surface area contributed by atoms with E-state index in [1.54, 1.807) is 12.5 Å². The summed E-state index contributed by atoms with van der Waals surface area (Å²) in [7, 11) is 0. The van der Waals surface area contributed by atoms with E-state index >= 15 is 0 Å². The molecule has 0 saturated heterocycles. The summed E-state index contributed by atoms with van der Waals surface area (Å²) < 4.78 is 0. The first kappa shape index (κ1) is 13.5. The molecule has 6 heteroatoms. The molecule has 101 valence electrons. The number of aromatic amines is 1. The highest BCUT2D eigenvalue weighted by atomic mass is 16.2. The predicted octanol–water partition coefficient (Wildman–Crippen LogP) is 0.306. The highest BCUT2D eigenvalue weighted by Crippen LogP contribution is 2.21. The molecule has 1 fully saturated rings. The van der Waals surface area contributed by atoms with Gasteiger partial charge in [-0.25, -0.2) is 4.98 Å². The Bertz CT molecular complexity index is 456. The van der Waals surface area contributed by atoms with Crippen molar-refractivity contribution in [1.29, 1.82) is 0 Å². The van der Waals surface area contributed by atoms with Crippen molar-refractivity contribution in [2.24, 2.45) is 5.92 Å². The van der Waals surface area contributed by atoms with Gasteiger partial charge in [0.2, 0.25) is 12.2 Å². The number of ketones is 1. The Balaban J connectivity index is 1.88. The zero-order chi connectivity index (χ0) is 13.7. The minimum absolute atomic E-state index is 0.116. The van der Waals surface area contributed by atoms with Gasteiger partial charge >= 0.3 is 0 Å². The van der Waals surface area contributed by atoms with Crippen LogP contribution in [0, 0.1) is 5.92 Å². The van der Waals surface area contributed by atoms with Gasteiger partial charge in [-0.05, 0) is 12.8 Å². The quantitative estimate of drug-likeness (QED) is 0.798. The second kappa shape index (κ2) is 6.26. The van der Waals surface area contributed by atoms with E-state index in [4.69, 9.17) is 0 Å². The summed E-state index contributed by atoms with van der Waals surface area (Å²) >= 11 is 0. The summed E-state index contributed by atoms with van der Waals surface area (Å²) in [5, 5.41) is 2.63. The number of hydrogen-bond donors (Lipinski definition) is 2. The summed E-state index contributed by atoms with van der Waals surface area (Å²) in [4.78, 5) is 40.9. The molecule has 1 radical (unpaired) electrons. The van der Waals surface area contributed by atoms with E-state index in [0.717, 1.165) is 6.42 Å². The standard InChI is InChI=1S/C13H16N3O3/c17-7-11(5-10-6-14-8-15-10)16-13(19)9-2-1-3-12(18)4-9/h6,8-9,11H,1-5H2,(H,14,15)(H,16,19)/t9?,11-/m0/s1. The van der Waals surface area contributed by atoms with Crippen molar-refractivity contribution >= 4 is 18.0 Å². The average molecular weight is 262 g/mol. The first-order chi connectivity index (χ1) is 9.19. The molecule has 0 aromatic carbocycles. The molecule has 1 saturated carbocycles. The van der Waals surface area contributed by atoms with Crippen molar-refractivity contribution in [2.75, 3.05) is 0 Å². The highest BCUT2D eigenvalue weighted by Gasteiger charge is 2.27. The van der Waals surface area contributed by atoms with E-state index in [0.29, 0.717) is 25.0 Å². The SMILES string of the molecule is O=[C][C@H](Cc1c[nH]cn1)NC(=O)C1CCCC(=O)C1. The maximum absolute atomic E-state index is 12.0. The molecule has 1 aromatic heterocycles. The fourth-order valence-electron chi connectivity index (χ4n) is 2.27. The molecule has 2 N–H and O–H groups in total. The molecular formula is C13H16N3O3. The van der Waals surface area contributed by atoms with Crippen molar-refractivity contribution in [1.82, 2.24) is 15.3 Å². The van der Waals surface area contributed by atoms with E-state index in [1.165, 1.54) is 6.33 Å². The first-order valence-electron chi connectivity index (χ1n) is 6.36. The lowest BCUT2D eigenvalue weighted by molar-refractivity contribution is -0.131. The molecule has 0 aliphatic heterocycles. The number of aromatic nitrogens is 2. The Labute approximate surface area is 111 Å². The monoisotopic (exact) mass is 262 g/mol. The predicted molar refractivity (Wildman–Crippen MR) is 66.9 cm³/mol. The van der Waals surface area contributed by atoms with Crippen molar-refractivity contribution in [2.45, 2.75) is 38.1 Å². The van der Waals surface area contributed by atoms with E-state index in [2.05, 4.69) is 15.3 Å². The van der Waals surface area contributed by atoms with Crippen LogP contribution in [0.2, 0.25) is 0 Å². The van der Waals surface area contributed by atoms with Crippen LogP contribution in [0.3, 0.4) is 0 Å². The molecule has 1 aliphatic carbocycles. The maximum atomic E-state index is 12.0. The Kier molecular flexibility index (Phi) is 4.43. The van der Waals surface area contributed by atoms with Crippen LogP contribution in [0.4, 0.5) is 0 Å². The van der Waals surface area contributed by atoms with Gasteiger partial charge in [0.15, 0.2) is 0 Å². The van der Waals surface area contributed by atoms with Crippen LogP contribution < -0.4 is 5.32 Å². The number of hydrogen-bond acceptors (Lipinski definition) is 4. The largest absolute Gasteiger partial charge is 0.351 e. The molecule has 1 aromatic rings. The van der Waals surface area contributed by atoms with Crippen LogP contribution in [0.5, 0.6) is 0 Å². The Hall–Kier alpha value is -1.98. The number of rotatable bonds is 5. The molecule has 1 aliphatic rings. The van der Waals surface area contributed by atoms with E-state index in [1.807, 2.05) is 0 Å². The fraction of sp³-hybridized carbons (Fsp3) is 0.538. The Morgan fingerprint density at radius 3 is 3.11 bits per heavy atom. The van der Waals surface area contributed by atoms with Gasteiger partial charge in [0, 0.05) is 31.4 Å². The average Bonchev–Trinajstić information content (AvgIpc) is 2.90. The molecule has 0 bridgehead atoms. The molecule has 1 heterocycles. The van der Waals surface area contributed by atoms with Gasteiger partial charge in [0.05, 0.1) is 12.0 Å². The number of imidazole rings is 1. The van der Waals surface area contributed by atoms with Gasteiger partial charge < -0.3 is 10.3 Å². The van der Waals surface area contributed by atoms with Crippen molar-refractivity contribution in [3.05, 3.63) is 18.2 Å². The number of nitrogens with one attached hydrogen (secondary N) is 2. The smallest absolute Gasteiger partial charge is 0.224 e. The third-order valence-electron chi connectivity index (χ3n) is 3.28. The van der Waals surface area contributed by atoms with Crippen LogP contribution in [0.25, 0.3) is 0 Å². The lowest BCUT2D eigenvalue weighted by atomic mass is 9.87. The lowest BCUT2D eigenvalue weighted by Crippen LogP contribution is -2.42. The zero-order valence-corrected chi connectivity index (χ0v) is 10.5. The number of amides is 1. The van der Waals surface area contributed by atoms with Crippen LogP contribution in [0.15, 0.2) is 12.5 Å². The van der Waals surface area contributed by atoms with E-state index < -0.39 is 6.04 Å². The molecule has 1 unspecified atom stereocenters. The van der Waals surface area contributed by atoms with Gasteiger partial charge in [-0.1, -0.05) is 0 Å². The second-order valence-electron chi connectivity index (χ2n) is 4.78. The van der Waals surface area contributed by atoms with Gasteiger partial charge in [-0.15, -0.1) is 0 Å².